The molecule has 2 N–H and O–H groups in total. The number of nitrogens with one attached hydrogen (secondary N) is 2. The van der Waals surface area contributed by atoms with E-state index >= 15 is 0 Å². The number of para-hydroxylation sites is 1. The van der Waals surface area contributed by atoms with Gasteiger partial charge in [0, 0.05) is 30.7 Å². The maximum atomic E-state index is 13.3. The Balaban J connectivity index is 1.38. The Morgan fingerprint density at radius 3 is 2.87 bits per heavy atom. The Morgan fingerprint density at radius 1 is 1.26 bits per heavy atom. The molecule has 31 heavy (non-hydrogen) atoms. The topological polar surface area (TPSA) is 70.5 Å². The molecule has 0 bridgehead atoms. The average molecular weight is 422 g/mol. The molecule has 1 amide bonds. The molecular formula is C25H31N3O3. The molecule has 2 aliphatic rings. The molecule has 2 unspecified atom stereocenters. The first-order valence-electron chi connectivity index (χ1n) is 11.4. The van der Waals surface area contributed by atoms with Crippen molar-refractivity contribution < 1.29 is 13.9 Å². The standard InChI is InChI=1S/C25H31N3O3/c1-16-6-8-21-20(14-16)18-4-3-5-19(24(18)27-21)25(29)26-15-22(23-9-7-17(2)31-23)28-10-12-30-13-11-28/h3-5,7,9,16,22,27H,6,8,10-15H2,1-2H3,(H,26,29). The van der Waals surface area contributed by atoms with E-state index in [-0.39, 0.29) is 11.9 Å². The largest absolute Gasteiger partial charge is 0.465 e. The zero-order chi connectivity index (χ0) is 21.4. The summed E-state index contributed by atoms with van der Waals surface area (Å²) in [6, 6.07) is 10.1. The first-order chi connectivity index (χ1) is 15.1. The van der Waals surface area contributed by atoms with Gasteiger partial charge in [0.2, 0.25) is 0 Å². The normalized spacial score (nSPS) is 20.5. The summed E-state index contributed by atoms with van der Waals surface area (Å²) in [5.41, 5.74) is 4.37. The number of amides is 1. The van der Waals surface area contributed by atoms with Crippen molar-refractivity contribution in [2.45, 2.75) is 39.2 Å². The summed E-state index contributed by atoms with van der Waals surface area (Å²) >= 11 is 0. The molecule has 3 aromatic rings. The number of aromatic nitrogens is 1. The minimum atomic E-state index is -0.0428. The van der Waals surface area contributed by atoms with E-state index in [1.807, 2.05) is 31.2 Å². The number of benzene rings is 1. The monoisotopic (exact) mass is 421 g/mol. The SMILES string of the molecule is Cc1ccc(C(CNC(=O)c2cccc3c4c([nH]c23)CCC(C)C4)N2CCOCC2)o1. The Kier molecular flexibility index (Phi) is 5.59. The number of hydrogen-bond acceptors (Lipinski definition) is 4. The van der Waals surface area contributed by atoms with Gasteiger partial charge in [-0.1, -0.05) is 19.1 Å². The number of carbonyl (C=O) groups excluding carboxylic acids is 1. The third-order valence-electron chi connectivity index (χ3n) is 6.75. The number of fused-ring (bicyclic) bond motifs is 3. The molecule has 6 heteroatoms. The lowest BCUT2D eigenvalue weighted by molar-refractivity contribution is 0.0117. The predicted molar refractivity (Wildman–Crippen MR) is 120 cm³/mol. The van der Waals surface area contributed by atoms with Crippen LogP contribution in [0.1, 0.15) is 52.5 Å². The lowest BCUT2D eigenvalue weighted by Crippen LogP contribution is -2.43. The van der Waals surface area contributed by atoms with Gasteiger partial charge in [-0.15, -0.1) is 0 Å². The summed E-state index contributed by atoms with van der Waals surface area (Å²) in [7, 11) is 0. The molecule has 2 aromatic heterocycles. The average Bonchev–Trinajstić information content (AvgIpc) is 3.37. The Bertz CT molecular complexity index is 1080. The van der Waals surface area contributed by atoms with Crippen LogP contribution in [0.4, 0.5) is 0 Å². The van der Waals surface area contributed by atoms with Crippen LogP contribution in [0.15, 0.2) is 34.7 Å². The first-order valence-corrected chi connectivity index (χ1v) is 11.4. The number of morpholine rings is 1. The van der Waals surface area contributed by atoms with Crippen LogP contribution in [-0.4, -0.2) is 48.6 Å². The van der Waals surface area contributed by atoms with Crippen LogP contribution in [-0.2, 0) is 17.6 Å². The molecule has 2 atom stereocenters. The van der Waals surface area contributed by atoms with Crippen LogP contribution in [0, 0.1) is 12.8 Å². The fourth-order valence-corrected chi connectivity index (χ4v) is 5.02. The van der Waals surface area contributed by atoms with E-state index in [1.165, 1.54) is 23.1 Å². The van der Waals surface area contributed by atoms with E-state index in [1.54, 1.807) is 0 Å². The molecule has 1 aromatic carbocycles. The number of furan rings is 1. The first kappa shape index (κ1) is 20.3. The number of hydrogen-bond donors (Lipinski definition) is 2. The van der Waals surface area contributed by atoms with Gasteiger partial charge >= 0.3 is 0 Å². The van der Waals surface area contributed by atoms with Gasteiger partial charge in [0.25, 0.3) is 5.91 Å². The zero-order valence-corrected chi connectivity index (χ0v) is 18.4. The number of carbonyl (C=O) groups is 1. The summed E-state index contributed by atoms with van der Waals surface area (Å²) in [5.74, 6) is 2.42. The number of rotatable bonds is 5. The van der Waals surface area contributed by atoms with Gasteiger partial charge in [-0.25, -0.2) is 0 Å². The fraction of sp³-hybridized carbons (Fsp3) is 0.480. The second-order valence-electron chi connectivity index (χ2n) is 8.98. The second kappa shape index (κ2) is 8.52. The molecule has 0 spiro atoms. The fourth-order valence-electron chi connectivity index (χ4n) is 5.02. The molecule has 3 heterocycles. The van der Waals surface area contributed by atoms with Crippen molar-refractivity contribution in [3.63, 3.8) is 0 Å². The third kappa shape index (κ3) is 4.02. The molecule has 0 radical (unpaired) electrons. The van der Waals surface area contributed by atoms with Crippen molar-refractivity contribution in [2.24, 2.45) is 5.92 Å². The Morgan fingerprint density at radius 2 is 2.10 bits per heavy atom. The molecule has 164 valence electrons. The predicted octanol–water partition coefficient (Wildman–Crippen LogP) is 4.00. The van der Waals surface area contributed by atoms with Crippen molar-refractivity contribution in [3.05, 3.63) is 58.7 Å². The van der Waals surface area contributed by atoms with E-state index in [2.05, 4.69) is 28.2 Å². The van der Waals surface area contributed by atoms with Gasteiger partial charge < -0.3 is 19.5 Å². The van der Waals surface area contributed by atoms with Crippen molar-refractivity contribution in [1.29, 1.82) is 0 Å². The van der Waals surface area contributed by atoms with Crippen LogP contribution in [0.5, 0.6) is 0 Å². The molecule has 6 nitrogen and oxygen atoms in total. The quantitative estimate of drug-likeness (QED) is 0.653. The lowest BCUT2D eigenvalue weighted by Gasteiger charge is -2.33. The number of aromatic amines is 1. The molecular weight excluding hydrogens is 390 g/mol. The number of ether oxygens (including phenoxy) is 1. The summed E-state index contributed by atoms with van der Waals surface area (Å²) in [5, 5.41) is 4.38. The molecule has 0 saturated carbocycles. The van der Waals surface area contributed by atoms with E-state index in [0.29, 0.717) is 25.7 Å². The summed E-state index contributed by atoms with van der Waals surface area (Å²) in [6.07, 6.45) is 3.34. The van der Waals surface area contributed by atoms with E-state index in [0.717, 1.165) is 48.5 Å². The van der Waals surface area contributed by atoms with E-state index in [4.69, 9.17) is 9.15 Å². The van der Waals surface area contributed by atoms with Gasteiger partial charge in [-0.05, 0) is 55.9 Å². The van der Waals surface area contributed by atoms with Crippen LogP contribution in [0.25, 0.3) is 10.9 Å². The van der Waals surface area contributed by atoms with Crippen molar-refractivity contribution in [2.75, 3.05) is 32.8 Å². The van der Waals surface area contributed by atoms with Gasteiger partial charge in [-0.2, -0.15) is 0 Å². The molecule has 5 rings (SSSR count). The summed E-state index contributed by atoms with van der Waals surface area (Å²) < 4.78 is 11.4. The van der Waals surface area contributed by atoms with E-state index < -0.39 is 0 Å². The minimum absolute atomic E-state index is 0.00144. The molecule has 1 aliphatic heterocycles. The van der Waals surface area contributed by atoms with Crippen molar-refractivity contribution in [3.8, 4) is 0 Å². The highest BCUT2D eigenvalue weighted by Gasteiger charge is 2.27. The molecule has 1 saturated heterocycles. The zero-order valence-electron chi connectivity index (χ0n) is 18.4. The van der Waals surface area contributed by atoms with Gasteiger partial charge in [0.1, 0.15) is 11.5 Å². The van der Waals surface area contributed by atoms with Gasteiger partial charge in [-0.3, -0.25) is 9.69 Å². The highest BCUT2D eigenvalue weighted by Crippen LogP contribution is 2.33. The van der Waals surface area contributed by atoms with Crippen LogP contribution >= 0.6 is 0 Å². The Hall–Kier alpha value is -2.57. The van der Waals surface area contributed by atoms with Gasteiger partial charge in [0.15, 0.2) is 0 Å². The number of aryl methyl sites for hydroxylation is 2. The summed E-state index contributed by atoms with van der Waals surface area (Å²) in [6.45, 7) is 7.83. The highest BCUT2D eigenvalue weighted by atomic mass is 16.5. The molecule has 1 fully saturated rings. The van der Waals surface area contributed by atoms with E-state index in [9.17, 15) is 4.79 Å². The Labute approximate surface area is 182 Å². The maximum absolute atomic E-state index is 13.3. The summed E-state index contributed by atoms with van der Waals surface area (Å²) in [4.78, 5) is 19.2. The smallest absolute Gasteiger partial charge is 0.253 e. The number of H-pyrrole nitrogens is 1. The minimum Gasteiger partial charge on any atom is -0.465 e. The van der Waals surface area contributed by atoms with Crippen LogP contribution in [0.2, 0.25) is 0 Å². The highest BCUT2D eigenvalue weighted by molar-refractivity contribution is 6.06. The lowest BCUT2D eigenvalue weighted by atomic mass is 9.87. The van der Waals surface area contributed by atoms with Crippen LogP contribution in [0.3, 0.4) is 0 Å². The maximum Gasteiger partial charge on any atom is 0.253 e. The van der Waals surface area contributed by atoms with Crippen molar-refractivity contribution in [1.82, 2.24) is 15.2 Å². The van der Waals surface area contributed by atoms with Crippen molar-refractivity contribution >= 4 is 16.8 Å². The van der Waals surface area contributed by atoms with Gasteiger partial charge in [0.05, 0.1) is 30.3 Å². The second-order valence-corrected chi connectivity index (χ2v) is 8.98. The van der Waals surface area contributed by atoms with Crippen LogP contribution < -0.4 is 5.32 Å². The third-order valence-corrected chi connectivity index (χ3v) is 6.75. The number of nitrogens with zero attached hydrogens (tertiary/aromatic N) is 1. The molecule has 1 aliphatic carbocycles.